The zero-order valence-electron chi connectivity index (χ0n) is 17.0. The third kappa shape index (κ3) is 3.98. The van der Waals surface area contributed by atoms with Gasteiger partial charge in [-0.2, -0.15) is 5.10 Å². The summed E-state index contributed by atoms with van der Waals surface area (Å²) in [4.78, 5) is 23.6. The van der Waals surface area contributed by atoms with Gasteiger partial charge in [0.25, 0.3) is 5.91 Å². The van der Waals surface area contributed by atoms with Crippen LogP contribution in [-0.2, 0) is 18.5 Å². The van der Waals surface area contributed by atoms with Crippen molar-refractivity contribution in [1.82, 2.24) is 20.2 Å². The number of nitrogens with zero attached hydrogens (tertiary/aromatic N) is 4. The molecule has 0 unspecified atom stereocenters. The highest BCUT2D eigenvalue weighted by molar-refractivity contribution is 7.98. The number of thioether (sulfide) groups is 1. The first-order chi connectivity index (χ1) is 13.8. The summed E-state index contributed by atoms with van der Waals surface area (Å²) < 4.78 is 0. The molecule has 4 rings (SSSR count). The SMILES string of the molecule is CSc1nccc(N2Cc3[nH]nc(NC(=O)c4ccc(C(C)(C)C)cc4)c3C2)n1. The molecule has 150 valence electrons. The molecule has 0 bridgehead atoms. The largest absolute Gasteiger partial charge is 0.346 e. The minimum Gasteiger partial charge on any atom is -0.346 e. The molecular formula is C21H24N6OS. The first-order valence-corrected chi connectivity index (χ1v) is 10.7. The van der Waals surface area contributed by atoms with Crippen LogP contribution in [0.2, 0.25) is 0 Å². The van der Waals surface area contributed by atoms with E-state index in [2.05, 4.69) is 51.2 Å². The van der Waals surface area contributed by atoms with Crippen molar-refractivity contribution in [2.24, 2.45) is 0 Å². The smallest absolute Gasteiger partial charge is 0.256 e. The van der Waals surface area contributed by atoms with E-state index in [9.17, 15) is 4.79 Å². The summed E-state index contributed by atoms with van der Waals surface area (Å²) in [6.45, 7) is 7.76. The van der Waals surface area contributed by atoms with Crippen LogP contribution in [0.25, 0.3) is 0 Å². The molecule has 3 heterocycles. The van der Waals surface area contributed by atoms with Gasteiger partial charge in [0.15, 0.2) is 11.0 Å². The molecule has 1 aromatic carbocycles. The number of aromatic amines is 1. The molecule has 1 aliphatic heterocycles. The van der Waals surface area contributed by atoms with Crippen molar-refractivity contribution in [3.05, 3.63) is 58.9 Å². The molecule has 29 heavy (non-hydrogen) atoms. The van der Waals surface area contributed by atoms with Gasteiger partial charge in [0.2, 0.25) is 0 Å². The average Bonchev–Trinajstić information content (AvgIpc) is 3.29. The molecule has 0 aliphatic carbocycles. The standard InChI is InChI=1S/C21H24N6OS/c1-21(2,3)14-7-5-13(6-8-14)19(28)24-18-15-11-27(12-16(15)25-26-18)17-9-10-22-20(23-17)29-4/h5-10H,11-12H2,1-4H3,(H2,24,25,26,28). The van der Waals surface area contributed by atoms with Crippen LogP contribution in [0.15, 0.2) is 41.7 Å². The molecular weight excluding hydrogens is 384 g/mol. The fraction of sp³-hybridized carbons (Fsp3) is 0.333. The predicted molar refractivity (Wildman–Crippen MR) is 115 cm³/mol. The molecule has 0 saturated heterocycles. The van der Waals surface area contributed by atoms with Gasteiger partial charge in [-0.25, -0.2) is 9.97 Å². The monoisotopic (exact) mass is 408 g/mol. The van der Waals surface area contributed by atoms with E-state index in [-0.39, 0.29) is 11.3 Å². The Morgan fingerprint density at radius 2 is 1.93 bits per heavy atom. The Bertz CT molecular complexity index is 1040. The van der Waals surface area contributed by atoms with Crippen LogP contribution >= 0.6 is 11.8 Å². The molecule has 0 saturated carbocycles. The maximum Gasteiger partial charge on any atom is 0.256 e. The third-order valence-electron chi connectivity index (χ3n) is 5.02. The first-order valence-electron chi connectivity index (χ1n) is 9.45. The first kappa shape index (κ1) is 19.4. The molecule has 7 nitrogen and oxygen atoms in total. The van der Waals surface area contributed by atoms with E-state index in [4.69, 9.17) is 0 Å². The zero-order chi connectivity index (χ0) is 20.6. The van der Waals surface area contributed by atoms with E-state index in [0.717, 1.165) is 22.2 Å². The number of nitrogens with one attached hydrogen (secondary N) is 2. The highest BCUT2D eigenvalue weighted by atomic mass is 32.2. The number of carbonyl (C=O) groups is 1. The minimum absolute atomic E-state index is 0.0542. The highest BCUT2D eigenvalue weighted by Crippen LogP contribution is 2.31. The summed E-state index contributed by atoms with van der Waals surface area (Å²) >= 11 is 1.51. The Labute approximate surface area is 174 Å². The lowest BCUT2D eigenvalue weighted by Gasteiger charge is -2.19. The van der Waals surface area contributed by atoms with Gasteiger partial charge in [-0.3, -0.25) is 9.89 Å². The minimum atomic E-state index is -0.162. The number of rotatable bonds is 4. The van der Waals surface area contributed by atoms with Gasteiger partial charge in [0.05, 0.1) is 18.8 Å². The van der Waals surface area contributed by atoms with E-state index in [1.165, 1.54) is 17.3 Å². The van der Waals surface area contributed by atoms with E-state index in [1.54, 1.807) is 6.20 Å². The second-order valence-electron chi connectivity index (χ2n) is 8.07. The Morgan fingerprint density at radius 3 is 2.62 bits per heavy atom. The van der Waals surface area contributed by atoms with Crippen molar-refractivity contribution < 1.29 is 4.79 Å². The predicted octanol–water partition coefficient (Wildman–Crippen LogP) is 3.99. The summed E-state index contributed by atoms with van der Waals surface area (Å²) in [6, 6.07) is 9.63. The molecule has 1 amide bonds. The Kier molecular flexibility index (Phi) is 5.04. The molecule has 8 heteroatoms. The van der Waals surface area contributed by atoms with Crippen molar-refractivity contribution in [1.29, 1.82) is 0 Å². The maximum absolute atomic E-state index is 12.7. The van der Waals surface area contributed by atoms with Gasteiger partial charge in [0, 0.05) is 17.3 Å². The normalized spacial score (nSPS) is 13.4. The Balaban J connectivity index is 1.48. The number of carbonyl (C=O) groups excluding carboxylic acids is 1. The van der Waals surface area contributed by atoms with Crippen molar-refractivity contribution in [3.63, 3.8) is 0 Å². The Hall–Kier alpha value is -2.87. The number of aromatic nitrogens is 4. The molecule has 0 atom stereocenters. The van der Waals surface area contributed by atoms with Crippen molar-refractivity contribution in [2.45, 2.75) is 44.4 Å². The van der Waals surface area contributed by atoms with E-state index >= 15 is 0 Å². The summed E-state index contributed by atoms with van der Waals surface area (Å²) in [5.74, 6) is 1.28. The van der Waals surface area contributed by atoms with Crippen LogP contribution in [-0.4, -0.2) is 32.3 Å². The second-order valence-corrected chi connectivity index (χ2v) is 8.84. The number of hydrogen-bond donors (Lipinski definition) is 2. The Morgan fingerprint density at radius 1 is 1.17 bits per heavy atom. The lowest BCUT2D eigenvalue weighted by molar-refractivity contribution is 0.102. The van der Waals surface area contributed by atoms with E-state index in [1.807, 2.05) is 36.6 Å². The quantitative estimate of drug-likeness (QED) is 0.501. The van der Waals surface area contributed by atoms with Gasteiger partial charge >= 0.3 is 0 Å². The van der Waals surface area contributed by atoms with Crippen molar-refractivity contribution >= 4 is 29.3 Å². The number of H-pyrrole nitrogens is 1. The number of amides is 1. The second kappa shape index (κ2) is 7.51. The van der Waals surface area contributed by atoms with Crippen LogP contribution in [0, 0.1) is 0 Å². The topological polar surface area (TPSA) is 86.8 Å². The summed E-state index contributed by atoms with van der Waals surface area (Å²) in [7, 11) is 0. The molecule has 0 spiro atoms. The number of benzene rings is 1. The van der Waals surface area contributed by atoms with Gasteiger partial charge in [-0.15, -0.1) is 0 Å². The molecule has 0 radical (unpaired) electrons. The third-order valence-corrected chi connectivity index (χ3v) is 5.58. The molecule has 3 aromatic rings. The fourth-order valence-corrected chi connectivity index (χ4v) is 3.66. The summed E-state index contributed by atoms with van der Waals surface area (Å²) in [6.07, 6.45) is 3.72. The van der Waals surface area contributed by atoms with Crippen molar-refractivity contribution in [2.75, 3.05) is 16.5 Å². The van der Waals surface area contributed by atoms with Crippen LogP contribution in [0.5, 0.6) is 0 Å². The van der Waals surface area contributed by atoms with Gasteiger partial charge in [0.1, 0.15) is 5.82 Å². The summed E-state index contributed by atoms with van der Waals surface area (Å²) in [5.41, 5.74) is 3.85. The van der Waals surface area contributed by atoms with Gasteiger partial charge in [-0.05, 0) is 35.4 Å². The lowest BCUT2D eigenvalue weighted by Crippen LogP contribution is -2.18. The number of hydrogen-bond acceptors (Lipinski definition) is 6. The number of fused-ring (bicyclic) bond motifs is 1. The zero-order valence-corrected chi connectivity index (χ0v) is 17.8. The molecule has 0 fully saturated rings. The van der Waals surface area contributed by atoms with Crippen molar-refractivity contribution in [3.8, 4) is 0 Å². The number of anilines is 2. The highest BCUT2D eigenvalue weighted by Gasteiger charge is 2.27. The molecule has 2 N–H and O–H groups in total. The van der Waals surface area contributed by atoms with Gasteiger partial charge in [-0.1, -0.05) is 44.7 Å². The molecule has 1 aliphatic rings. The lowest BCUT2D eigenvalue weighted by atomic mass is 9.87. The van der Waals surface area contributed by atoms with E-state index < -0.39 is 0 Å². The molecule has 2 aromatic heterocycles. The van der Waals surface area contributed by atoms with Crippen LogP contribution in [0.4, 0.5) is 11.6 Å². The van der Waals surface area contributed by atoms with Crippen LogP contribution in [0.1, 0.15) is 48.0 Å². The maximum atomic E-state index is 12.7. The average molecular weight is 409 g/mol. The van der Waals surface area contributed by atoms with E-state index in [0.29, 0.717) is 24.5 Å². The van der Waals surface area contributed by atoms with Gasteiger partial charge < -0.3 is 10.2 Å². The fourth-order valence-electron chi connectivity index (χ4n) is 3.31. The van der Waals surface area contributed by atoms with Crippen LogP contribution in [0.3, 0.4) is 0 Å². The van der Waals surface area contributed by atoms with Crippen LogP contribution < -0.4 is 10.2 Å². The summed E-state index contributed by atoms with van der Waals surface area (Å²) in [5, 5.41) is 11.0.